The Labute approximate surface area is 110 Å². The third-order valence-corrected chi connectivity index (χ3v) is 3.16. The lowest BCUT2D eigenvalue weighted by molar-refractivity contribution is -0.385. The number of carbonyl (C=O) groups excluding carboxylic acids is 1. The van der Waals surface area contributed by atoms with Gasteiger partial charge in [0.2, 0.25) is 0 Å². The first-order chi connectivity index (χ1) is 9.08. The molecule has 0 bridgehead atoms. The molecule has 1 aliphatic rings. The van der Waals surface area contributed by atoms with Crippen molar-refractivity contribution in [1.82, 2.24) is 9.88 Å². The fourth-order valence-corrected chi connectivity index (χ4v) is 2.01. The van der Waals surface area contributed by atoms with E-state index in [2.05, 4.69) is 10.3 Å². The topological polar surface area (TPSA) is 88.4 Å². The third kappa shape index (κ3) is 2.64. The van der Waals surface area contributed by atoms with Crippen LogP contribution in [-0.4, -0.2) is 40.3 Å². The summed E-state index contributed by atoms with van der Waals surface area (Å²) in [5.41, 5.74) is -0.152. The molecule has 7 nitrogen and oxygen atoms in total. The molecule has 1 N–H and O–H groups in total. The summed E-state index contributed by atoms with van der Waals surface area (Å²) >= 11 is 0. The van der Waals surface area contributed by atoms with Gasteiger partial charge in [-0.25, -0.2) is 4.98 Å². The SMILES string of the molecule is CCN(C(=O)c1cc(NC)ncc1[N+](=O)[O-])C1CC1. The van der Waals surface area contributed by atoms with Crippen molar-refractivity contribution >= 4 is 17.4 Å². The highest BCUT2D eigenvalue weighted by Crippen LogP contribution is 2.30. The van der Waals surface area contributed by atoms with Crippen LogP contribution in [0.15, 0.2) is 12.3 Å². The molecule has 1 saturated carbocycles. The number of anilines is 1. The Morgan fingerprint density at radius 3 is 2.79 bits per heavy atom. The summed E-state index contributed by atoms with van der Waals surface area (Å²) in [5.74, 6) is 0.149. The van der Waals surface area contributed by atoms with E-state index >= 15 is 0 Å². The van der Waals surface area contributed by atoms with Gasteiger partial charge in [-0.2, -0.15) is 0 Å². The molecule has 2 rings (SSSR count). The molecule has 0 unspecified atom stereocenters. The van der Waals surface area contributed by atoms with Crippen LogP contribution in [0, 0.1) is 10.1 Å². The second-order valence-corrected chi connectivity index (χ2v) is 4.42. The van der Waals surface area contributed by atoms with Crippen LogP contribution in [-0.2, 0) is 0 Å². The number of amides is 1. The minimum atomic E-state index is -0.569. The second-order valence-electron chi connectivity index (χ2n) is 4.42. The van der Waals surface area contributed by atoms with Crippen molar-refractivity contribution in [2.45, 2.75) is 25.8 Å². The van der Waals surface area contributed by atoms with Gasteiger partial charge in [0.05, 0.1) is 4.92 Å². The van der Waals surface area contributed by atoms with Gasteiger partial charge in [0.15, 0.2) is 0 Å². The van der Waals surface area contributed by atoms with Crippen molar-refractivity contribution in [3.63, 3.8) is 0 Å². The highest BCUT2D eigenvalue weighted by molar-refractivity contribution is 5.99. The maximum absolute atomic E-state index is 12.4. The number of nitrogens with zero attached hydrogens (tertiary/aromatic N) is 3. The van der Waals surface area contributed by atoms with Crippen molar-refractivity contribution in [2.24, 2.45) is 0 Å². The van der Waals surface area contributed by atoms with Gasteiger partial charge in [-0.3, -0.25) is 14.9 Å². The Bertz CT molecular complexity index is 514. The van der Waals surface area contributed by atoms with Crippen molar-refractivity contribution in [2.75, 3.05) is 18.9 Å². The largest absolute Gasteiger partial charge is 0.373 e. The monoisotopic (exact) mass is 264 g/mol. The first-order valence-corrected chi connectivity index (χ1v) is 6.21. The Morgan fingerprint density at radius 2 is 2.32 bits per heavy atom. The highest BCUT2D eigenvalue weighted by atomic mass is 16.6. The maximum Gasteiger partial charge on any atom is 0.300 e. The molecule has 19 heavy (non-hydrogen) atoms. The first-order valence-electron chi connectivity index (χ1n) is 6.21. The van der Waals surface area contributed by atoms with E-state index in [1.165, 1.54) is 6.07 Å². The maximum atomic E-state index is 12.4. The zero-order chi connectivity index (χ0) is 14.0. The minimum Gasteiger partial charge on any atom is -0.373 e. The summed E-state index contributed by atoms with van der Waals surface area (Å²) in [6.45, 7) is 2.43. The van der Waals surface area contributed by atoms with E-state index in [9.17, 15) is 14.9 Å². The Balaban J connectivity index is 2.40. The van der Waals surface area contributed by atoms with Crippen molar-refractivity contribution in [3.8, 4) is 0 Å². The quantitative estimate of drug-likeness (QED) is 0.645. The number of rotatable bonds is 5. The van der Waals surface area contributed by atoms with Gasteiger partial charge < -0.3 is 10.2 Å². The van der Waals surface area contributed by atoms with Gasteiger partial charge in [0, 0.05) is 25.7 Å². The number of aromatic nitrogens is 1. The van der Waals surface area contributed by atoms with Gasteiger partial charge in [-0.15, -0.1) is 0 Å². The molecule has 0 aliphatic heterocycles. The van der Waals surface area contributed by atoms with Crippen LogP contribution in [0.2, 0.25) is 0 Å². The molecule has 1 aromatic rings. The summed E-state index contributed by atoms with van der Waals surface area (Å²) in [4.78, 5) is 28.4. The lowest BCUT2D eigenvalue weighted by Gasteiger charge is -2.20. The van der Waals surface area contributed by atoms with Crippen LogP contribution in [0.1, 0.15) is 30.1 Å². The molecule has 1 amide bonds. The van der Waals surface area contributed by atoms with Crippen LogP contribution in [0.25, 0.3) is 0 Å². The van der Waals surface area contributed by atoms with Crippen LogP contribution in [0.4, 0.5) is 11.5 Å². The molecule has 0 radical (unpaired) electrons. The average Bonchev–Trinajstić information content (AvgIpc) is 3.23. The smallest absolute Gasteiger partial charge is 0.300 e. The van der Waals surface area contributed by atoms with E-state index in [0.29, 0.717) is 12.4 Å². The molecule has 1 aliphatic carbocycles. The Kier molecular flexibility index (Phi) is 3.64. The number of hydrogen-bond acceptors (Lipinski definition) is 5. The lowest BCUT2D eigenvalue weighted by Crippen LogP contribution is -2.33. The summed E-state index contributed by atoms with van der Waals surface area (Å²) in [5, 5.41) is 13.8. The predicted molar refractivity (Wildman–Crippen MR) is 70.2 cm³/mol. The van der Waals surface area contributed by atoms with Crippen LogP contribution in [0.5, 0.6) is 0 Å². The molecule has 0 spiro atoms. The molecular weight excluding hydrogens is 248 g/mol. The standard InChI is InChI=1S/C12H16N4O3/c1-3-15(8-4-5-8)12(17)9-6-11(13-2)14-7-10(9)16(18)19/h6-8H,3-5H2,1-2H3,(H,13,14). The van der Waals surface area contributed by atoms with E-state index in [0.717, 1.165) is 19.0 Å². The van der Waals surface area contributed by atoms with E-state index in [1.54, 1.807) is 11.9 Å². The summed E-state index contributed by atoms with van der Waals surface area (Å²) in [7, 11) is 1.65. The fraction of sp³-hybridized carbons (Fsp3) is 0.500. The zero-order valence-electron chi connectivity index (χ0n) is 10.9. The van der Waals surface area contributed by atoms with Crippen LogP contribution < -0.4 is 5.32 Å². The number of carbonyl (C=O) groups is 1. The third-order valence-electron chi connectivity index (χ3n) is 3.16. The molecular formula is C12H16N4O3. The normalized spacial score (nSPS) is 14.0. The molecule has 102 valence electrons. The average molecular weight is 264 g/mol. The Morgan fingerprint density at radius 1 is 1.63 bits per heavy atom. The van der Waals surface area contributed by atoms with Crippen molar-refractivity contribution < 1.29 is 9.72 Å². The summed E-state index contributed by atoms with van der Waals surface area (Å²) in [6.07, 6.45) is 3.06. The molecule has 0 aromatic carbocycles. The first kappa shape index (κ1) is 13.3. The summed E-state index contributed by atoms with van der Waals surface area (Å²) < 4.78 is 0. The van der Waals surface area contributed by atoms with Gasteiger partial charge >= 0.3 is 0 Å². The minimum absolute atomic E-state index is 0.0955. The molecule has 0 saturated heterocycles. The summed E-state index contributed by atoms with van der Waals surface area (Å²) in [6, 6.07) is 1.66. The molecule has 1 heterocycles. The molecule has 0 atom stereocenters. The lowest BCUT2D eigenvalue weighted by atomic mass is 10.2. The molecule has 1 aromatic heterocycles. The number of nitro groups is 1. The number of hydrogen-bond donors (Lipinski definition) is 1. The van der Waals surface area contributed by atoms with Gasteiger partial charge in [-0.1, -0.05) is 0 Å². The van der Waals surface area contributed by atoms with E-state index in [1.807, 2.05) is 6.92 Å². The fourth-order valence-electron chi connectivity index (χ4n) is 2.01. The predicted octanol–water partition coefficient (Wildman–Crippen LogP) is 1.66. The zero-order valence-corrected chi connectivity index (χ0v) is 10.9. The van der Waals surface area contributed by atoms with Crippen LogP contribution in [0.3, 0.4) is 0 Å². The van der Waals surface area contributed by atoms with Gasteiger partial charge in [0.25, 0.3) is 11.6 Å². The van der Waals surface area contributed by atoms with Crippen LogP contribution >= 0.6 is 0 Å². The second kappa shape index (κ2) is 5.21. The Hall–Kier alpha value is -2.18. The molecule has 7 heteroatoms. The van der Waals surface area contributed by atoms with E-state index in [-0.39, 0.29) is 23.2 Å². The van der Waals surface area contributed by atoms with Crippen molar-refractivity contribution in [3.05, 3.63) is 27.9 Å². The van der Waals surface area contributed by atoms with Gasteiger partial charge in [0.1, 0.15) is 17.6 Å². The van der Waals surface area contributed by atoms with Crippen molar-refractivity contribution in [1.29, 1.82) is 0 Å². The number of nitrogens with one attached hydrogen (secondary N) is 1. The highest BCUT2D eigenvalue weighted by Gasteiger charge is 2.34. The van der Waals surface area contributed by atoms with E-state index < -0.39 is 4.92 Å². The van der Waals surface area contributed by atoms with Gasteiger partial charge in [-0.05, 0) is 19.8 Å². The number of pyridine rings is 1. The van der Waals surface area contributed by atoms with E-state index in [4.69, 9.17) is 0 Å². The molecule has 1 fully saturated rings.